The zero-order valence-electron chi connectivity index (χ0n) is 12.7. The number of carbonyl (C=O) groups is 2. The highest BCUT2D eigenvalue weighted by Crippen LogP contribution is 2.12. The SMILES string of the molecule is COC(=O)CCCCCCC(=O)N/N=C/c1ccccc1O. The molecule has 120 valence electrons. The van der Waals surface area contributed by atoms with E-state index >= 15 is 0 Å². The van der Waals surface area contributed by atoms with Gasteiger partial charge in [-0.1, -0.05) is 25.0 Å². The van der Waals surface area contributed by atoms with Gasteiger partial charge in [-0.2, -0.15) is 5.10 Å². The highest BCUT2D eigenvalue weighted by Gasteiger charge is 2.02. The van der Waals surface area contributed by atoms with Gasteiger partial charge in [0.25, 0.3) is 0 Å². The predicted octanol–water partition coefficient (Wildman–Crippen LogP) is 2.36. The molecule has 0 radical (unpaired) electrons. The smallest absolute Gasteiger partial charge is 0.305 e. The van der Waals surface area contributed by atoms with E-state index in [9.17, 15) is 14.7 Å². The fourth-order valence-electron chi connectivity index (χ4n) is 1.84. The molecule has 0 spiro atoms. The van der Waals surface area contributed by atoms with Crippen LogP contribution in [0.25, 0.3) is 0 Å². The fourth-order valence-corrected chi connectivity index (χ4v) is 1.84. The van der Waals surface area contributed by atoms with Crippen LogP contribution in [0, 0.1) is 0 Å². The summed E-state index contributed by atoms with van der Waals surface area (Å²) in [7, 11) is 1.38. The van der Waals surface area contributed by atoms with Crippen molar-refractivity contribution in [1.82, 2.24) is 5.43 Å². The summed E-state index contributed by atoms with van der Waals surface area (Å²) in [5, 5.41) is 13.3. The molecule has 1 aromatic carbocycles. The molecule has 1 aromatic rings. The van der Waals surface area contributed by atoms with Crippen LogP contribution in [0.4, 0.5) is 0 Å². The number of phenolic OH excluding ortho intramolecular Hbond substituents is 1. The molecule has 0 aliphatic heterocycles. The minimum Gasteiger partial charge on any atom is -0.507 e. The number of ether oxygens (including phenoxy) is 1. The minimum atomic E-state index is -0.198. The number of amides is 1. The fraction of sp³-hybridized carbons (Fsp3) is 0.438. The molecule has 0 heterocycles. The lowest BCUT2D eigenvalue weighted by atomic mass is 10.1. The van der Waals surface area contributed by atoms with Crippen molar-refractivity contribution < 1.29 is 19.4 Å². The van der Waals surface area contributed by atoms with E-state index in [2.05, 4.69) is 15.3 Å². The van der Waals surface area contributed by atoms with Crippen molar-refractivity contribution in [3.63, 3.8) is 0 Å². The van der Waals surface area contributed by atoms with Crippen molar-refractivity contribution in [3.05, 3.63) is 29.8 Å². The summed E-state index contributed by atoms with van der Waals surface area (Å²) in [6.45, 7) is 0. The second-order valence-corrected chi connectivity index (χ2v) is 4.84. The first-order valence-electron chi connectivity index (χ1n) is 7.30. The van der Waals surface area contributed by atoms with E-state index in [1.807, 2.05) is 0 Å². The molecule has 1 amide bonds. The predicted molar refractivity (Wildman–Crippen MR) is 83.6 cm³/mol. The maximum Gasteiger partial charge on any atom is 0.305 e. The second kappa shape index (κ2) is 10.4. The summed E-state index contributed by atoms with van der Waals surface area (Å²) in [5.41, 5.74) is 2.97. The van der Waals surface area contributed by atoms with Crippen LogP contribution < -0.4 is 5.43 Å². The number of hydrazone groups is 1. The van der Waals surface area contributed by atoms with Gasteiger partial charge in [-0.05, 0) is 25.0 Å². The molecule has 0 atom stereocenters. The summed E-state index contributed by atoms with van der Waals surface area (Å²) in [5.74, 6) is -0.248. The van der Waals surface area contributed by atoms with Crippen LogP contribution in [0.5, 0.6) is 5.75 Å². The molecular weight excluding hydrogens is 284 g/mol. The summed E-state index contributed by atoms with van der Waals surface area (Å²) >= 11 is 0. The highest BCUT2D eigenvalue weighted by atomic mass is 16.5. The number of benzene rings is 1. The number of unbranched alkanes of at least 4 members (excludes halogenated alkanes) is 3. The van der Waals surface area contributed by atoms with Crippen LogP contribution in [0.15, 0.2) is 29.4 Å². The number of hydrogen-bond acceptors (Lipinski definition) is 5. The molecule has 0 aromatic heterocycles. The van der Waals surface area contributed by atoms with E-state index in [-0.39, 0.29) is 17.6 Å². The second-order valence-electron chi connectivity index (χ2n) is 4.84. The Kier molecular flexibility index (Phi) is 8.33. The number of esters is 1. The molecule has 1 rings (SSSR count). The van der Waals surface area contributed by atoms with Crippen molar-refractivity contribution in [2.75, 3.05) is 7.11 Å². The molecule has 0 bridgehead atoms. The van der Waals surface area contributed by atoms with Crippen molar-refractivity contribution in [2.24, 2.45) is 5.10 Å². The molecule has 0 unspecified atom stereocenters. The van der Waals surface area contributed by atoms with Gasteiger partial charge in [0, 0.05) is 18.4 Å². The van der Waals surface area contributed by atoms with Crippen LogP contribution in [-0.2, 0) is 14.3 Å². The maximum absolute atomic E-state index is 11.5. The van der Waals surface area contributed by atoms with E-state index in [1.54, 1.807) is 24.3 Å². The number of nitrogens with one attached hydrogen (secondary N) is 1. The maximum atomic E-state index is 11.5. The van der Waals surface area contributed by atoms with Crippen LogP contribution >= 0.6 is 0 Å². The lowest BCUT2D eigenvalue weighted by molar-refractivity contribution is -0.140. The van der Waals surface area contributed by atoms with Crippen LogP contribution in [0.2, 0.25) is 0 Å². The zero-order chi connectivity index (χ0) is 16.2. The molecule has 0 fully saturated rings. The van der Waals surface area contributed by atoms with E-state index in [4.69, 9.17) is 0 Å². The van der Waals surface area contributed by atoms with Gasteiger partial charge in [-0.3, -0.25) is 9.59 Å². The molecule has 22 heavy (non-hydrogen) atoms. The van der Waals surface area contributed by atoms with Gasteiger partial charge in [-0.15, -0.1) is 0 Å². The highest BCUT2D eigenvalue weighted by molar-refractivity contribution is 5.84. The van der Waals surface area contributed by atoms with Gasteiger partial charge in [0.15, 0.2) is 0 Å². The summed E-state index contributed by atoms with van der Waals surface area (Å²) < 4.78 is 4.55. The monoisotopic (exact) mass is 306 g/mol. The standard InChI is InChI=1S/C16H22N2O4/c1-22-16(21)11-5-3-2-4-10-15(20)18-17-12-13-8-6-7-9-14(13)19/h6-9,12,19H,2-5,10-11H2,1H3,(H,18,20)/b17-12+. The van der Waals surface area contributed by atoms with Crippen molar-refractivity contribution in [1.29, 1.82) is 0 Å². The zero-order valence-corrected chi connectivity index (χ0v) is 12.7. The molecule has 6 heteroatoms. The molecular formula is C16H22N2O4. The Morgan fingerprint density at radius 3 is 2.55 bits per heavy atom. The van der Waals surface area contributed by atoms with Crippen molar-refractivity contribution >= 4 is 18.1 Å². The average molecular weight is 306 g/mol. The van der Waals surface area contributed by atoms with Crippen molar-refractivity contribution in [3.8, 4) is 5.75 Å². The van der Waals surface area contributed by atoms with E-state index < -0.39 is 0 Å². The number of nitrogens with zero attached hydrogens (tertiary/aromatic N) is 1. The number of para-hydroxylation sites is 1. The molecule has 2 N–H and O–H groups in total. The van der Waals surface area contributed by atoms with Gasteiger partial charge < -0.3 is 9.84 Å². The number of phenols is 1. The summed E-state index contributed by atoms with van der Waals surface area (Å²) in [4.78, 5) is 22.4. The largest absolute Gasteiger partial charge is 0.507 e. The lowest BCUT2D eigenvalue weighted by Crippen LogP contribution is -2.16. The molecule has 6 nitrogen and oxygen atoms in total. The Balaban J connectivity index is 2.11. The molecule has 0 aliphatic carbocycles. The quantitative estimate of drug-likeness (QED) is 0.317. The van der Waals surface area contributed by atoms with Gasteiger partial charge in [0.2, 0.25) is 5.91 Å². The first-order chi connectivity index (χ1) is 10.6. The third-order valence-corrected chi connectivity index (χ3v) is 3.09. The van der Waals surface area contributed by atoms with E-state index in [1.165, 1.54) is 13.3 Å². The van der Waals surface area contributed by atoms with Crippen LogP contribution in [0.1, 0.15) is 44.1 Å². The first-order valence-corrected chi connectivity index (χ1v) is 7.30. The van der Waals surface area contributed by atoms with Gasteiger partial charge in [0.1, 0.15) is 5.75 Å². The lowest BCUT2D eigenvalue weighted by Gasteiger charge is -2.01. The molecule has 0 aliphatic rings. The average Bonchev–Trinajstić information content (AvgIpc) is 2.52. The third kappa shape index (κ3) is 7.42. The number of hydrogen-bond donors (Lipinski definition) is 2. The van der Waals surface area contributed by atoms with E-state index in [0.29, 0.717) is 18.4 Å². The first kappa shape index (κ1) is 17.7. The molecule has 0 saturated carbocycles. The minimum absolute atomic E-state index is 0.117. The Labute approximate surface area is 130 Å². The third-order valence-electron chi connectivity index (χ3n) is 3.09. The Morgan fingerprint density at radius 1 is 1.18 bits per heavy atom. The number of aromatic hydroxyl groups is 1. The van der Waals surface area contributed by atoms with Crippen LogP contribution in [0.3, 0.4) is 0 Å². The Hall–Kier alpha value is -2.37. The van der Waals surface area contributed by atoms with Crippen molar-refractivity contribution in [2.45, 2.75) is 38.5 Å². The Morgan fingerprint density at radius 2 is 1.86 bits per heavy atom. The van der Waals surface area contributed by atoms with Gasteiger partial charge >= 0.3 is 5.97 Å². The van der Waals surface area contributed by atoms with Crippen LogP contribution in [-0.4, -0.2) is 30.3 Å². The number of methoxy groups -OCH3 is 1. The topological polar surface area (TPSA) is 88.0 Å². The van der Waals surface area contributed by atoms with Gasteiger partial charge in [0.05, 0.1) is 13.3 Å². The van der Waals surface area contributed by atoms with E-state index in [0.717, 1.165) is 25.7 Å². The number of rotatable bonds is 9. The normalized spacial score (nSPS) is 10.6. The van der Waals surface area contributed by atoms with Gasteiger partial charge in [-0.25, -0.2) is 5.43 Å². The Bertz CT molecular complexity index is 515. The summed E-state index contributed by atoms with van der Waals surface area (Å²) in [6, 6.07) is 6.74. The summed E-state index contributed by atoms with van der Waals surface area (Å²) in [6.07, 6.45) is 5.52. The molecule has 0 saturated heterocycles. The number of carbonyl (C=O) groups excluding carboxylic acids is 2.